The lowest BCUT2D eigenvalue weighted by Gasteiger charge is -2.23. The zero-order chi connectivity index (χ0) is 13.7. The van der Waals surface area contributed by atoms with E-state index in [9.17, 15) is 0 Å². The van der Waals surface area contributed by atoms with Crippen LogP contribution in [-0.2, 0) is 9.46 Å². The fourth-order valence-electron chi connectivity index (χ4n) is 1.75. The van der Waals surface area contributed by atoms with Crippen LogP contribution in [0.1, 0.15) is 20.8 Å². The lowest BCUT2D eigenvalue weighted by atomic mass is 10.2. The van der Waals surface area contributed by atoms with Crippen molar-refractivity contribution < 1.29 is 9.46 Å². The number of rotatable bonds is 4. The van der Waals surface area contributed by atoms with Gasteiger partial charge in [-0.2, -0.15) is 0 Å². The van der Waals surface area contributed by atoms with Gasteiger partial charge in [0.2, 0.25) is 0 Å². The monoisotopic (exact) mass is 272 g/mol. The molecule has 0 spiro atoms. The third kappa shape index (κ3) is 4.31. The molecule has 0 saturated heterocycles. The van der Waals surface area contributed by atoms with Crippen LogP contribution < -0.4 is 10.4 Å². The van der Waals surface area contributed by atoms with E-state index in [-0.39, 0.29) is 5.60 Å². The van der Waals surface area contributed by atoms with Gasteiger partial charge in [0.15, 0.2) is 0 Å². The number of benzene rings is 2. The van der Waals surface area contributed by atoms with Crippen LogP contribution >= 0.6 is 0 Å². The van der Waals surface area contributed by atoms with Gasteiger partial charge in [0.05, 0.1) is 5.60 Å². The average Bonchev–Trinajstić information content (AvgIpc) is 2.40. The Morgan fingerprint density at radius 3 is 1.53 bits per heavy atom. The zero-order valence-corrected chi connectivity index (χ0v) is 12.8. The molecule has 2 aromatic rings. The molecule has 0 amide bonds. The van der Waals surface area contributed by atoms with E-state index in [1.165, 1.54) is 10.4 Å². The van der Waals surface area contributed by atoms with Crippen LogP contribution in [0, 0.1) is 0 Å². The molecule has 0 N–H and O–H groups in total. The summed E-state index contributed by atoms with van der Waals surface area (Å²) < 4.78 is 5.82. The Kier molecular flexibility index (Phi) is 4.53. The molecular weight excluding hydrogens is 252 g/mol. The molecule has 0 fully saturated rings. The normalized spacial score (nSPS) is 11.8. The lowest BCUT2D eigenvalue weighted by molar-refractivity contribution is -0.278. The molecule has 3 heteroatoms. The predicted octanol–water partition coefficient (Wildman–Crippen LogP) is 2.27. The van der Waals surface area contributed by atoms with Crippen LogP contribution in [0.5, 0.6) is 0 Å². The second-order valence-corrected chi connectivity index (χ2v) is 7.78. The summed E-state index contributed by atoms with van der Waals surface area (Å²) >= 11 is 0. The molecule has 0 bridgehead atoms. The van der Waals surface area contributed by atoms with Crippen LogP contribution in [0.3, 0.4) is 0 Å². The van der Waals surface area contributed by atoms with Crippen LogP contribution in [0.25, 0.3) is 0 Å². The van der Waals surface area contributed by atoms with E-state index >= 15 is 0 Å². The van der Waals surface area contributed by atoms with Gasteiger partial charge >= 0.3 is 0 Å². The Hall–Kier alpha value is -1.42. The van der Waals surface area contributed by atoms with Crippen molar-refractivity contribution in [3.63, 3.8) is 0 Å². The first kappa shape index (κ1) is 14.0. The molecule has 0 aliphatic rings. The quantitative estimate of drug-likeness (QED) is 0.483. The van der Waals surface area contributed by atoms with Crippen LogP contribution in [0.2, 0.25) is 0 Å². The summed E-state index contributed by atoms with van der Waals surface area (Å²) in [6, 6.07) is 20.6. The molecule has 2 nitrogen and oxygen atoms in total. The smallest absolute Gasteiger partial charge is 0.279 e. The Bertz CT molecular complexity index is 452. The molecule has 2 rings (SSSR count). The first-order valence-electron chi connectivity index (χ1n) is 6.51. The largest absolute Gasteiger partial charge is 0.285 e. The number of hydrogen-bond donors (Lipinski definition) is 0. The van der Waals surface area contributed by atoms with Gasteiger partial charge in [-0.1, -0.05) is 60.7 Å². The minimum absolute atomic E-state index is 0.297. The second-order valence-electron chi connectivity index (χ2n) is 5.49. The van der Waals surface area contributed by atoms with E-state index in [2.05, 4.69) is 24.3 Å². The average molecular weight is 272 g/mol. The Morgan fingerprint density at radius 2 is 1.16 bits per heavy atom. The molecule has 100 valence electrons. The highest BCUT2D eigenvalue weighted by Gasteiger charge is 2.22. The first-order chi connectivity index (χ1) is 9.06. The highest BCUT2D eigenvalue weighted by Crippen LogP contribution is 2.08. The second kappa shape index (κ2) is 6.15. The van der Waals surface area contributed by atoms with Crippen molar-refractivity contribution in [2.75, 3.05) is 0 Å². The fourth-order valence-corrected chi connectivity index (χ4v) is 3.89. The summed E-state index contributed by atoms with van der Waals surface area (Å²) in [5.41, 5.74) is -0.297. The molecule has 2 aromatic carbocycles. The Morgan fingerprint density at radius 1 is 0.737 bits per heavy atom. The summed E-state index contributed by atoms with van der Waals surface area (Å²) in [6.45, 7) is 5.98. The van der Waals surface area contributed by atoms with E-state index in [1.54, 1.807) is 0 Å². The van der Waals surface area contributed by atoms with Crippen molar-refractivity contribution in [1.29, 1.82) is 0 Å². The van der Waals surface area contributed by atoms with Crippen molar-refractivity contribution in [1.82, 2.24) is 0 Å². The SMILES string of the molecule is CC(C)(C)OO[SiH](c1ccccc1)c1ccccc1. The fraction of sp³-hybridized carbons (Fsp3) is 0.250. The van der Waals surface area contributed by atoms with Crippen molar-refractivity contribution in [2.45, 2.75) is 26.4 Å². The van der Waals surface area contributed by atoms with Crippen molar-refractivity contribution in [3.8, 4) is 0 Å². The summed E-state index contributed by atoms with van der Waals surface area (Å²) in [4.78, 5) is 5.56. The molecule has 0 saturated carbocycles. The minimum Gasteiger partial charge on any atom is -0.279 e. The van der Waals surface area contributed by atoms with E-state index in [0.717, 1.165) is 0 Å². The maximum atomic E-state index is 5.82. The minimum atomic E-state index is -1.77. The molecule has 0 aliphatic carbocycles. The Balaban J connectivity index is 2.24. The van der Waals surface area contributed by atoms with Gasteiger partial charge in [-0.3, -0.25) is 4.58 Å². The van der Waals surface area contributed by atoms with Crippen LogP contribution in [0.4, 0.5) is 0 Å². The van der Waals surface area contributed by atoms with E-state index in [4.69, 9.17) is 9.46 Å². The topological polar surface area (TPSA) is 18.5 Å². The third-order valence-electron chi connectivity index (χ3n) is 2.60. The van der Waals surface area contributed by atoms with Crippen LogP contribution in [-0.4, -0.2) is 14.6 Å². The zero-order valence-electron chi connectivity index (χ0n) is 11.7. The van der Waals surface area contributed by atoms with Gasteiger partial charge in [-0.25, -0.2) is 4.89 Å². The lowest BCUT2D eigenvalue weighted by Crippen LogP contribution is -2.46. The van der Waals surface area contributed by atoms with Crippen molar-refractivity contribution in [3.05, 3.63) is 60.7 Å². The van der Waals surface area contributed by atoms with E-state index in [0.29, 0.717) is 0 Å². The van der Waals surface area contributed by atoms with Gasteiger partial charge in [0.25, 0.3) is 9.04 Å². The first-order valence-corrected chi connectivity index (χ1v) is 8.13. The van der Waals surface area contributed by atoms with Gasteiger partial charge in [0.1, 0.15) is 0 Å². The Labute approximate surface area is 116 Å². The summed E-state index contributed by atoms with van der Waals surface area (Å²) in [5, 5.41) is 2.44. The van der Waals surface area contributed by atoms with Gasteiger partial charge in [-0.05, 0) is 31.1 Å². The maximum Gasteiger partial charge on any atom is 0.285 e. The molecule has 0 aromatic heterocycles. The summed E-state index contributed by atoms with van der Waals surface area (Å²) in [7, 11) is -1.77. The van der Waals surface area contributed by atoms with E-state index in [1.807, 2.05) is 57.2 Å². The molecule has 0 radical (unpaired) electrons. The molecule has 0 heterocycles. The van der Waals surface area contributed by atoms with Crippen LogP contribution in [0.15, 0.2) is 60.7 Å². The summed E-state index contributed by atoms with van der Waals surface area (Å²) in [5.74, 6) is 0. The van der Waals surface area contributed by atoms with Crippen molar-refractivity contribution >= 4 is 19.4 Å². The van der Waals surface area contributed by atoms with E-state index < -0.39 is 9.04 Å². The van der Waals surface area contributed by atoms with Gasteiger partial charge < -0.3 is 0 Å². The third-order valence-corrected chi connectivity index (χ3v) is 4.87. The molecule has 0 aliphatic heterocycles. The molecule has 19 heavy (non-hydrogen) atoms. The molecular formula is C16H20O2Si. The standard InChI is InChI=1S/C16H20O2Si/c1-16(2,3)17-18-19(14-10-6-4-7-11-14)15-12-8-5-9-13-15/h4-13,19H,1-3H3. The number of hydrogen-bond acceptors (Lipinski definition) is 2. The van der Waals surface area contributed by atoms with Gasteiger partial charge in [0, 0.05) is 0 Å². The molecule has 0 unspecified atom stereocenters. The maximum absolute atomic E-state index is 5.82. The highest BCUT2D eigenvalue weighted by atomic mass is 28.3. The molecule has 0 atom stereocenters. The van der Waals surface area contributed by atoms with Gasteiger partial charge in [-0.15, -0.1) is 0 Å². The van der Waals surface area contributed by atoms with Crippen molar-refractivity contribution in [2.24, 2.45) is 0 Å². The summed E-state index contributed by atoms with van der Waals surface area (Å²) in [6.07, 6.45) is 0. The predicted molar refractivity (Wildman–Crippen MR) is 81.2 cm³/mol. The highest BCUT2D eigenvalue weighted by molar-refractivity contribution is 6.79.